The van der Waals surface area contributed by atoms with Crippen molar-refractivity contribution in [2.75, 3.05) is 20.3 Å². The molecule has 0 radical (unpaired) electrons. The van der Waals surface area contributed by atoms with Gasteiger partial charge in [0, 0.05) is 19.7 Å². The second-order valence-electron chi connectivity index (χ2n) is 3.57. The van der Waals surface area contributed by atoms with E-state index in [0.29, 0.717) is 13.2 Å². The first kappa shape index (κ1) is 13.4. The number of nitrogens with two attached hydrogens (primary N) is 1. The van der Waals surface area contributed by atoms with Crippen LogP contribution in [0.25, 0.3) is 0 Å². The zero-order valence-corrected chi connectivity index (χ0v) is 9.62. The molecule has 0 spiro atoms. The monoisotopic (exact) mass is 202 g/mol. The van der Waals surface area contributed by atoms with E-state index in [9.17, 15) is 4.79 Å². The molecule has 0 aliphatic heterocycles. The van der Waals surface area contributed by atoms with E-state index in [0.717, 1.165) is 6.42 Å². The van der Waals surface area contributed by atoms with Gasteiger partial charge in [0.05, 0.1) is 12.6 Å². The lowest BCUT2D eigenvalue weighted by atomic mass is 10.2. The maximum absolute atomic E-state index is 11.7. The summed E-state index contributed by atoms with van der Waals surface area (Å²) in [4.78, 5) is 13.5. The maximum atomic E-state index is 11.7. The summed E-state index contributed by atoms with van der Waals surface area (Å²) in [6.45, 7) is 6.97. The van der Waals surface area contributed by atoms with Crippen molar-refractivity contribution >= 4 is 5.91 Å². The van der Waals surface area contributed by atoms with E-state index in [1.165, 1.54) is 0 Å². The van der Waals surface area contributed by atoms with Crippen LogP contribution in [0.1, 0.15) is 27.2 Å². The molecule has 14 heavy (non-hydrogen) atoms. The van der Waals surface area contributed by atoms with Crippen LogP contribution < -0.4 is 5.73 Å². The summed E-state index contributed by atoms with van der Waals surface area (Å²) < 4.78 is 4.96. The number of hydrogen-bond acceptors (Lipinski definition) is 3. The topological polar surface area (TPSA) is 55.6 Å². The summed E-state index contributed by atoms with van der Waals surface area (Å²) >= 11 is 0. The number of nitrogens with zero attached hydrogens (tertiary/aromatic N) is 1. The van der Waals surface area contributed by atoms with Crippen LogP contribution in [0, 0.1) is 0 Å². The van der Waals surface area contributed by atoms with Crippen LogP contribution in [0.2, 0.25) is 0 Å². The van der Waals surface area contributed by atoms with E-state index < -0.39 is 6.04 Å². The van der Waals surface area contributed by atoms with Crippen LogP contribution in [-0.2, 0) is 9.53 Å². The van der Waals surface area contributed by atoms with Crippen LogP contribution in [0.4, 0.5) is 0 Å². The first-order valence-electron chi connectivity index (χ1n) is 5.09. The van der Waals surface area contributed by atoms with Crippen LogP contribution in [-0.4, -0.2) is 43.2 Å². The molecule has 0 rings (SSSR count). The Balaban J connectivity index is 4.30. The van der Waals surface area contributed by atoms with E-state index in [1.54, 1.807) is 18.9 Å². The van der Waals surface area contributed by atoms with Crippen LogP contribution in [0.5, 0.6) is 0 Å². The molecule has 0 fully saturated rings. The van der Waals surface area contributed by atoms with Crippen molar-refractivity contribution in [2.24, 2.45) is 5.73 Å². The van der Waals surface area contributed by atoms with Gasteiger partial charge in [0.15, 0.2) is 0 Å². The Hall–Kier alpha value is -0.610. The average Bonchev–Trinajstić information content (AvgIpc) is 2.17. The average molecular weight is 202 g/mol. The summed E-state index contributed by atoms with van der Waals surface area (Å²) in [6.07, 6.45) is 0.933. The van der Waals surface area contributed by atoms with Gasteiger partial charge in [-0.3, -0.25) is 4.79 Å². The van der Waals surface area contributed by atoms with Crippen molar-refractivity contribution in [2.45, 2.75) is 39.3 Å². The molecule has 2 N–H and O–H groups in total. The summed E-state index contributed by atoms with van der Waals surface area (Å²) in [5, 5.41) is 0. The Morgan fingerprint density at radius 2 is 2.07 bits per heavy atom. The van der Waals surface area contributed by atoms with Gasteiger partial charge in [-0.05, 0) is 20.3 Å². The molecule has 4 nitrogen and oxygen atoms in total. The zero-order chi connectivity index (χ0) is 11.1. The molecule has 0 aliphatic carbocycles. The second kappa shape index (κ2) is 6.79. The lowest BCUT2D eigenvalue weighted by Gasteiger charge is -2.29. The quantitative estimate of drug-likeness (QED) is 0.686. The summed E-state index contributed by atoms with van der Waals surface area (Å²) in [5.41, 5.74) is 5.57. The Labute approximate surface area is 86.4 Å². The molecule has 1 amide bonds. The third-order valence-electron chi connectivity index (χ3n) is 2.33. The molecule has 0 saturated heterocycles. The van der Waals surface area contributed by atoms with Gasteiger partial charge in [-0.15, -0.1) is 0 Å². The normalized spacial score (nSPS) is 14.9. The third kappa shape index (κ3) is 4.07. The van der Waals surface area contributed by atoms with E-state index in [2.05, 4.69) is 6.92 Å². The highest BCUT2D eigenvalue weighted by molar-refractivity contribution is 5.81. The molecular formula is C10H22N2O2. The van der Waals surface area contributed by atoms with Gasteiger partial charge in [-0.2, -0.15) is 0 Å². The molecule has 0 heterocycles. The fraction of sp³-hybridized carbons (Fsp3) is 0.900. The van der Waals surface area contributed by atoms with Gasteiger partial charge in [-0.1, -0.05) is 6.92 Å². The predicted molar refractivity (Wildman–Crippen MR) is 57.0 cm³/mol. The standard InChI is InChI=1S/C10H22N2O2/c1-5-8(2)12(6-7-14-4)10(13)9(3)11/h8-9H,5-7,11H2,1-4H3/t8?,9-/m1/s1. The largest absolute Gasteiger partial charge is 0.383 e. The number of carbonyl (C=O) groups is 1. The lowest BCUT2D eigenvalue weighted by Crippen LogP contribution is -2.47. The molecule has 0 saturated carbocycles. The first-order valence-corrected chi connectivity index (χ1v) is 5.09. The molecule has 0 aromatic rings. The number of methoxy groups -OCH3 is 1. The van der Waals surface area contributed by atoms with Gasteiger partial charge in [0.25, 0.3) is 0 Å². The van der Waals surface area contributed by atoms with Gasteiger partial charge < -0.3 is 15.4 Å². The molecule has 0 aromatic heterocycles. The highest BCUT2D eigenvalue weighted by Crippen LogP contribution is 2.05. The zero-order valence-electron chi connectivity index (χ0n) is 9.62. The minimum absolute atomic E-state index is 0.00333. The summed E-state index contributed by atoms with van der Waals surface area (Å²) in [5.74, 6) is -0.00333. The first-order chi connectivity index (χ1) is 6.54. The van der Waals surface area contributed by atoms with Crippen LogP contribution in [0.3, 0.4) is 0 Å². The van der Waals surface area contributed by atoms with Crippen LogP contribution >= 0.6 is 0 Å². The fourth-order valence-electron chi connectivity index (χ4n) is 1.22. The molecule has 84 valence electrons. The Kier molecular flexibility index (Phi) is 6.49. The van der Waals surface area contributed by atoms with Crippen molar-refractivity contribution in [3.63, 3.8) is 0 Å². The van der Waals surface area contributed by atoms with Crippen molar-refractivity contribution in [3.05, 3.63) is 0 Å². The Bertz CT molecular complexity index is 172. The van der Waals surface area contributed by atoms with Gasteiger partial charge in [0.1, 0.15) is 0 Å². The molecule has 2 atom stereocenters. The minimum atomic E-state index is -0.430. The SMILES string of the molecule is CCC(C)N(CCOC)C(=O)[C@@H](C)N. The number of ether oxygens (including phenoxy) is 1. The van der Waals surface area contributed by atoms with Crippen molar-refractivity contribution < 1.29 is 9.53 Å². The van der Waals surface area contributed by atoms with Crippen LogP contribution in [0.15, 0.2) is 0 Å². The fourth-order valence-corrected chi connectivity index (χ4v) is 1.22. The molecule has 0 aromatic carbocycles. The van der Waals surface area contributed by atoms with Gasteiger partial charge in [0.2, 0.25) is 5.91 Å². The van der Waals surface area contributed by atoms with E-state index >= 15 is 0 Å². The molecular weight excluding hydrogens is 180 g/mol. The van der Waals surface area contributed by atoms with E-state index in [-0.39, 0.29) is 11.9 Å². The van der Waals surface area contributed by atoms with Crippen molar-refractivity contribution in [3.8, 4) is 0 Å². The van der Waals surface area contributed by atoms with Gasteiger partial charge >= 0.3 is 0 Å². The van der Waals surface area contributed by atoms with Gasteiger partial charge in [-0.25, -0.2) is 0 Å². The molecule has 0 aliphatic rings. The summed E-state index contributed by atoms with van der Waals surface area (Å²) in [6, 6.07) is -0.204. The van der Waals surface area contributed by atoms with E-state index in [1.807, 2.05) is 6.92 Å². The second-order valence-corrected chi connectivity index (χ2v) is 3.57. The predicted octanol–water partition coefficient (Wildman–Crippen LogP) is 0.607. The molecule has 4 heteroatoms. The molecule has 0 bridgehead atoms. The highest BCUT2D eigenvalue weighted by Gasteiger charge is 2.20. The summed E-state index contributed by atoms with van der Waals surface area (Å²) in [7, 11) is 1.63. The number of amides is 1. The number of rotatable bonds is 6. The van der Waals surface area contributed by atoms with Crippen molar-refractivity contribution in [1.29, 1.82) is 0 Å². The lowest BCUT2D eigenvalue weighted by molar-refractivity contribution is -0.135. The third-order valence-corrected chi connectivity index (χ3v) is 2.33. The minimum Gasteiger partial charge on any atom is -0.383 e. The Morgan fingerprint density at radius 1 is 1.50 bits per heavy atom. The highest BCUT2D eigenvalue weighted by atomic mass is 16.5. The number of carbonyl (C=O) groups excluding carboxylic acids is 1. The smallest absolute Gasteiger partial charge is 0.239 e. The maximum Gasteiger partial charge on any atom is 0.239 e. The van der Waals surface area contributed by atoms with Crippen molar-refractivity contribution in [1.82, 2.24) is 4.90 Å². The number of hydrogen-bond donors (Lipinski definition) is 1. The molecule has 1 unspecified atom stereocenters. The van der Waals surface area contributed by atoms with E-state index in [4.69, 9.17) is 10.5 Å². The Morgan fingerprint density at radius 3 is 2.43 bits per heavy atom.